The zero-order valence-electron chi connectivity index (χ0n) is 17.6. The Labute approximate surface area is 181 Å². The van der Waals surface area contributed by atoms with Crippen LogP contribution in [0.25, 0.3) is 0 Å². The molecular formula is C22H28ClFN2O4. The van der Waals surface area contributed by atoms with Crippen molar-refractivity contribution in [3.8, 4) is 11.5 Å². The third-order valence-corrected chi connectivity index (χ3v) is 5.31. The van der Waals surface area contributed by atoms with Crippen molar-refractivity contribution in [2.45, 2.75) is 32.5 Å². The third-order valence-electron chi connectivity index (χ3n) is 4.97. The van der Waals surface area contributed by atoms with Crippen LogP contribution in [0.1, 0.15) is 31.0 Å². The number of nitrogens with one attached hydrogen (secondary N) is 1. The van der Waals surface area contributed by atoms with E-state index in [1.807, 2.05) is 20.9 Å². The molecule has 0 aliphatic carbocycles. The number of hydrogen-bond acceptors (Lipinski definition) is 5. The molecule has 0 fully saturated rings. The zero-order chi connectivity index (χ0) is 22.3. The summed E-state index contributed by atoms with van der Waals surface area (Å²) in [7, 11) is 3.39. The third kappa shape index (κ3) is 6.58. The van der Waals surface area contributed by atoms with Crippen LogP contribution in [0.4, 0.5) is 4.39 Å². The van der Waals surface area contributed by atoms with Crippen LogP contribution < -0.4 is 14.8 Å². The molecule has 0 aliphatic rings. The number of benzene rings is 2. The van der Waals surface area contributed by atoms with Crippen LogP contribution in [0, 0.1) is 5.82 Å². The molecule has 30 heavy (non-hydrogen) atoms. The van der Waals surface area contributed by atoms with E-state index in [0.717, 1.165) is 0 Å². The van der Waals surface area contributed by atoms with E-state index >= 15 is 0 Å². The maximum absolute atomic E-state index is 14.2. The second-order valence-corrected chi connectivity index (χ2v) is 7.52. The molecule has 164 valence electrons. The fourth-order valence-corrected chi connectivity index (χ4v) is 3.42. The molecular weight excluding hydrogens is 411 g/mol. The Hall–Kier alpha value is -2.35. The molecule has 0 amide bonds. The molecule has 0 spiro atoms. The molecule has 0 saturated heterocycles. The summed E-state index contributed by atoms with van der Waals surface area (Å²) >= 11 is 6.35. The van der Waals surface area contributed by atoms with Gasteiger partial charge in [-0.05, 0) is 62.9 Å². The van der Waals surface area contributed by atoms with Crippen LogP contribution in [-0.2, 0) is 11.4 Å². The lowest BCUT2D eigenvalue weighted by atomic mass is 9.99. The van der Waals surface area contributed by atoms with Crippen LogP contribution in [0.3, 0.4) is 0 Å². The van der Waals surface area contributed by atoms with Gasteiger partial charge in [-0.25, -0.2) is 4.39 Å². The van der Waals surface area contributed by atoms with Gasteiger partial charge in [-0.1, -0.05) is 11.6 Å². The molecule has 0 aromatic heterocycles. The van der Waals surface area contributed by atoms with Crippen LogP contribution in [0.15, 0.2) is 36.4 Å². The van der Waals surface area contributed by atoms with Crippen molar-refractivity contribution < 1.29 is 23.8 Å². The summed E-state index contributed by atoms with van der Waals surface area (Å²) in [6.07, 6.45) is 0. The topological polar surface area (TPSA) is 71.0 Å². The normalized spacial score (nSPS) is 13.2. The molecule has 0 unspecified atom stereocenters. The highest BCUT2D eigenvalue weighted by atomic mass is 35.5. The number of halogens is 2. The van der Waals surface area contributed by atoms with E-state index in [4.69, 9.17) is 21.1 Å². The Balaban J connectivity index is 2.31. The first-order valence-corrected chi connectivity index (χ1v) is 10.0. The Morgan fingerprint density at radius 1 is 1.23 bits per heavy atom. The minimum absolute atomic E-state index is 0.0508. The SMILES string of the molecule is CN[C@H](C)CN(CC(=O)O)[C@@H](C)c1cc(F)cc(Cl)c1COc1ccc(OC)cc1. The predicted molar refractivity (Wildman–Crippen MR) is 115 cm³/mol. The maximum Gasteiger partial charge on any atom is 0.317 e. The van der Waals surface area contributed by atoms with E-state index in [1.165, 1.54) is 12.1 Å². The Kier molecular flexibility index (Phi) is 8.89. The van der Waals surface area contributed by atoms with Crippen LogP contribution in [0.5, 0.6) is 11.5 Å². The Bertz CT molecular complexity index is 848. The lowest BCUT2D eigenvalue weighted by Crippen LogP contribution is -2.41. The van der Waals surface area contributed by atoms with E-state index in [2.05, 4.69) is 5.32 Å². The molecule has 2 rings (SSSR count). The van der Waals surface area contributed by atoms with Gasteiger partial charge in [0.15, 0.2) is 0 Å². The van der Waals surface area contributed by atoms with Crippen molar-refractivity contribution in [2.24, 2.45) is 0 Å². The van der Waals surface area contributed by atoms with Crippen LogP contribution >= 0.6 is 11.6 Å². The molecule has 6 nitrogen and oxygen atoms in total. The molecule has 0 heterocycles. The quantitative estimate of drug-likeness (QED) is 0.550. The first-order chi connectivity index (χ1) is 14.2. The van der Waals surface area contributed by atoms with Gasteiger partial charge in [0.1, 0.15) is 23.9 Å². The maximum atomic E-state index is 14.2. The Morgan fingerprint density at radius 3 is 2.43 bits per heavy atom. The zero-order valence-corrected chi connectivity index (χ0v) is 18.4. The predicted octanol–water partition coefficient (Wildman–Crippen LogP) is 4.12. The first-order valence-electron chi connectivity index (χ1n) is 9.62. The molecule has 2 aromatic rings. The fraction of sp³-hybridized carbons (Fsp3) is 0.409. The average Bonchev–Trinajstić information content (AvgIpc) is 2.71. The van der Waals surface area contributed by atoms with Crippen molar-refractivity contribution in [3.05, 3.63) is 58.4 Å². The second-order valence-electron chi connectivity index (χ2n) is 7.11. The second kappa shape index (κ2) is 11.2. The monoisotopic (exact) mass is 438 g/mol. The molecule has 2 aromatic carbocycles. The number of nitrogens with zero attached hydrogens (tertiary/aromatic N) is 1. The van der Waals surface area contributed by atoms with Crippen molar-refractivity contribution >= 4 is 17.6 Å². The standard InChI is InChI=1S/C22H28ClFN2O4/c1-14(25-3)11-26(12-22(27)28)15(2)19-9-16(24)10-21(23)20(19)13-30-18-7-5-17(29-4)6-8-18/h5-10,14-15,25H,11-13H2,1-4H3,(H,27,28)/t14-,15+/m1/s1. The summed E-state index contributed by atoms with van der Waals surface area (Å²) in [5, 5.41) is 12.7. The van der Waals surface area contributed by atoms with E-state index in [1.54, 1.807) is 36.3 Å². The van der Waals surface area contributed by atoms with Crippen LogP contribution in [0.2, 0.25) is 5.02 Å². The van der Waals surface area contributed by atoms with Gasteiger partial charge in [0.05, 0.1) is 18.7 Å². The molecule has 0 saturated carbocycles. The first kappa shape index (κ1) is 23.9. The highest BCUT2D eigenvalue weighted by Crippen LogP contribution is 2.31. The number of carboxylic acids is 1. The lowest BCUT2D eigenvalue weighted by molar-refractivity contribution is -0.139. The number of likely N-dealkylation sites (N-methyl/N-ethyl adjacent to an activating group) is 1. The summed E-state index contributed by atoms with van der Waals surface area (Å²) in [5.74, 6) is -0.115. The van der Waals surface area contributed by atoms with Gasteiger partial charge in [-0.2, -0.15) is 0 Å². The van der Waals surface area contributed by atoms with E-state index < -0.39 is 11.8 Å². The Morgan fingerprint density at radius 2 is 1.87 bits per heavy atom. The number of aliphatic carboxylic acids is 1. The van der Waals surface area contributed by atoms with Gasteiger partial charge >= 0.3 is 5.97 Å². The van der Waals surface area contributed by atoms with E-state index in [-0.39, 0.29) is 30.3 Å². The average molecular weight is 439 g/mol. The van der Waals surface area contributed by atoms with Gasteiger partial charge in [-0.15, -0.1) is 0 Å². The van der Waals surface area contributed by atoms with Crippen molar-refractivity contribution in [3.63, 3.8) is 0 Å². The number of carbonyl (C=O) groups is 1. The van der Waals surface area contributed by atoms with Crippen LogP contribution in [-0.4, -0.2) is 49.3 Å². The molecule has 2 atom stereocenters. The number of rotatable bonds is 11. The minimum Gasteiger partial charge on any atom is -0.497 e. The summed E-state index contributed by atoms with van der Waals surface area (Å²) in [4.78, 5) is 13.2. The number of methoxy groups -OCH3 is 1. The fourth-order valence-electron chi connectivity index (χ4n) is 3.15. The number of hydrogen-bond donors (Lipinski definition) is 2. The summed E-state index contributed by atoms with van der Waals surface area (Å²) in [5.41, 5.74) is 1.21. The summed E-state index contributed by atoms with van der Waals surface area (Å²) < 4.78 is 25.2. The number of carboxylic acid groups (broad SMARTS) is 1. The lowest BCUT2D eigenvalue weighted by Gasteiger charge is -2.31. The van der Waals surface area contributed by atoms with E-state index in [0.29, 0.717) is 29.2 Å². The van der Waals surface area contributed by atoms with Crippen molar-refractivity contribution in [2.75, 3.05) is 27.2 Å². The van der Waals surface area contributed by atoms with Gasteiger partial charge in [-0.3, -0.25) is 9.69 Å². The molecule has 0 bridgehead atoms. The number of ether oxygens (including phenoxy) is 2. The summed E-state index contributed by atoms with van der Waals surface area (Å²) in [6, 6.07) is 9.38. The molecule has 8 heteroatoms. The minimum atomic E-state index is -0.955. The van der Waals surface area contributed by atoms with Gasteiger partial charge in [0, 0.05) is 24.2 Å². The van der Waals surface area contributed by atoms with Crippen molar-refractivity contribution in [1.29, 1.82) is 0 Å². The highest BCUT2D eigenvalue weighted by molar-refractivity contribution is 6.31. The van der Waals surface area contributed by atoms with E-state index in [9.17, 15) is 14.3 Å². The highest BCUT2D eigenvalue weighted by Gasteiger charge is 2.24. The van der Waals surface area contributed by atoms with Gasteiger partial charge in [0.2, 0.25) is 0 Å². The molecule has 0 aliphatic heterocycles. The molecule has 2 N–H and O–H groups in total. The molecule has 0 radical (unpaired) electrons. The largest absolute Gasteiger partial charge is 0.497 e. The smallest absolute Gasteiger partial charge is 0.317 e. The summed E-state index contributed by atoms with van der Waals surface area (Å²) in [6.45, 7) is 4.20. The van der Waals surface area contributed by atoms with Gasteiger partial charge in [0.25, 0.3) is 0 Å². The van der Waals surface area contributed by atoms with Gasteiger partial charge < -0.3 is 19.9 Å². The van der Waals surface area contributed by atoms with Crippen molar-refractivity contribution in [1.82, 2.24) is 10.2 Å².